The number of carboxylic acid groups (broad SMARTS) is 1. The Hall–Kier alpha value is -0.830. The molecule has 0 unspecified atom stereocenters. The summed E-state index contributed by atoms with van der Waals surface area (Å²) in [5.41, 5.74) is 0. The lowest BCUT2D eigenvalue weighted by Gasteiger charge is -2.28. The first kappa shape index (κ1) is 10.3. The molecule has 0 aromatic rings. The van der Waals surface area contributed by atoms with Crippen LogP contribution in [0.3, 0.4) is 0 Å². The lowest BCUT2D eigenvalue weighted by Crippen LogP contribution is -2.42. The number of aliphatic carboxylic acids is 1. The summed E-state index contributed by atoms with van der Waals surface area (Å²) in [5, 5.41) is 12.1. The van der Waals surface area contributed by atoms with Crippen molar-refractivity contribution in [1.29, 1.82) is 0 Å². The molecule has 0 aliphatic heterocycles. The Morgan fingerprint density at radius 2 is 2.23 bits per heavy atom. The van der Waals surface area contributed by atoms with Gasteiger partial charge in [0.1, 0.15) is 0 Å². The average molecular weight is 183 g/mol. The van der Waals surface area contributed by atoms with E-state index < -0.39 is 5.97 Å². The van der Waals surface area contributed by atoms with Crippen LogP contribution in [0.1, 0.15) is 25.7 Å². The van der Waals surface area contributed by atoms with Gasteiger partial charge < -0.3 is 10.4 Å². The maximum absolute atomic E-state index is 10.9. The van der Waals surface area contributed by atoms with Gasteiger partial charge in [-0.3, -0.25) is 4.79 Å². The SMILES string of the molecule is C=CCN[C@H]1CCCC[C@@H]1C(=O)O. The van der Waals surface area contributed by atoms with Gasteiger partial charge in [0.25, 0.3) is 0 Å². The molecule has 1 aliphatic rings. The highest BCUT2D eigenvalue weighted by Gasteiger charge is 2.29. The highest BCUT2D eigenvalue weighted by atomic mass is 16.4. The van der Waals surface area contributed by atoms with Crippen molar-refractivity contribution >= 4 is 5.97 Å². The lowest BCUT2D eigenvalue weighted by molar-refractivity contribution is -0.143. The van der Waals surface area contributed by atoms with E-state index in [9.17, 15) is 4.79 Å². The molecular weight excluding hydrogens is 166 g/mol. The molecule has 0 aromatic heterocycles. The van der Waals surface area contributed by atoms with E-state index in [4.69, 9.17) is 5.11 Å². The Bertz CT molecular complexity index is 191. The lowest BCUT2D eigenvalue weighted by atomic mass is 9.84. The van der Waals surface area contributed by atoms with Gasteiger partial charge in [-0.1, -0.05) is 18.9 Å². The molecule has 0 amide bonds. The van der Waals surface area contributed by atoms with Gasteiger partial charge in [0.15, 0.2) is 0 Å². The molecule has 13 heavy (non-hydrogen) atoms. The highest BCUT2D eigenvalue weighted by molar-refractivity contribution is 5.71. The van der Waals surface area contributed by atoms with Gasteiger partial charge in [-0.15, -0.1) is 6.58 Å². The van der Waals surface area contributed by atoms with Crippen molar-refractivity contribution in [3.63, 3.8) is 0 Å². The van der Waals surface area contributed by atoms with E-state index in [1.807, 2.05) is 0 Å². The average Bonchev–Trinajstić information content (AvgIpc) is 2.15. The smallest absolute Gasteiger partial charge is 0.308 e. The molecule has 0 radical (unpaired) electrons. The molecule has 1 fully saturated rings. The second-order valence-electron chi connectivity index (χ2n) is 3.53. The standard InChI is InChI=1S/C10H17NO2/c1-2-7-11-9-6-4-3-5-8(9)10(12)13/h2,8-9,11H,1,3-7H2,(H,12,13)/t8-,9-/m0/s1. The summed E-state index contributed by atoms with van der Waals surface area (Å²) in [4.78, 5) is 10.9. The molecule has 74 valence electrons. The Morgan fingerprint density at radius 3 is 2.85 bits per heavy atom. The molecular formula is C10H17NO2. The van der Waals surface area contributed by atoms with Crippen LogP contribution < -0.4 is 5.32 Å². The van der Waals surface area contributed by atoms with Gasteiger partial charge in [0.2, 0.25) is 0 Å². The zero-order chi connectivity index (χ0) is 9.68. The molecule has 1 aliphatic carbocycles. The normalized spacial score (nSPS) is 28.3. The fraction of sp³-hybridized carbons (Fsp3) is 0.700. The van der Waals surface area contributed by atoms with Gasteiger partial charge >= 0.3 is 5.97 Å². The third-order valence-electron chi connectivity index (χ3n) is 2.61. The minimum atomic E-state index is -0.665. The van der Waals surface area contributed by atoms with Gasteiger partial charge in [-0.2, -0.15) is 0 Å². The first-order valence-corrected chi connectivity index (χ1v) is 4.82. The third kappa shape index (κ3) is 2.84. The van der Waals surface area contributed by atoms with Crippen LogP contribution in [0.15, 0.2) is 12.7 Å². The number of carboxylic acids is 1. The number of carbonyl (C=O) groups is 1. The fourth-order valence-corrected chi connectivity index (χ4v) is 1.91. The first-order valence-electron chi connectivity index (χ1n) is 4.82. The van der Waals surface area contributed by atoms with Crippen LogP contribution in [0.2, 0.25) is 0 Å². The number of hydrogen-bond donors (Lipinski definition) is 2. The molecule has 2 N–H and O–H groups in total. The maximum Gasteiger partial charge on any atom is 0.308 e. The van der Waals surface area contributed by atoms with E-state index in [2.05, 4.69) is 11.9 Å². The van der Waals surface area contributed by atoms with Gasteiger partial charge in [0, 0.05) is 12.6 Å². The molecule has 3 heteroatoms. The Morgan fingerprint density at radius 1 is 1.54 bits per heavy atom. The number of nitrogens with one attached hydrogen (secondary N) is 1. The quantitative estimate of drug-likeness (QED) is 0.648. The molecule has 0 spiro atoms. The van der Waals surface area contributed by atoms with Crippen LogP contribution in [0.4, 0.5) is 0 Å². The van der Waals surface area contributed by atoms with E-state index in [0.717, 1.165) is 25.7 Å². The minimum absolute atomic E-state index is 0.143. The van der Waals surface area contributed by atoms with Crippen molar-refractivity contribution in [2.24, 2.45) is 5.92 Å². The van der Waals surface area contributed by atoms with E-state index >= 15 is 0 Å². The van der Waals surface area contributed by atoms with Crippen molar-refractivity contribution in [3.8, 4) is 0 Å². The Balaban J connectivity index is 2.46. The molecule has 2 atom stereocenters. The summed E-state index contributed by atoms with van der Waals surface area (Å²) in [6.45, 7) is 4.31. The summed E-state index contributed by atoms with van der Waals surface area (Å²) < 4.78 is 0. The zero-order valence-electron chi connectivity index (χ0n) is 7.83. The van der Waals surface area contributed by atoms with E-state index in [0.29, 0.717) is 6.54 Å². The van der Waals surface area contributed by atoms with Crippen LogP contribution in [-0.4, -0.2) is 23.7 Å². The highest BCUT2D eigenvalue weighted by Crippen LogP contribution is 2.24. The summed E-state index contributed by atoms with van der Waals surface area (Å²) in [5.74, 6) is -0.866. The van der Waals surface area contributed by atoms with Crippen LogP contribution in [-0.2, 0) is 4.79 Å². The summed E-state index contributed by atoms with van der Waals surface area (Å²) in [7, 11) is 0. The number of hydrogen-bond acceptors (Lipinski definition) is 2. The molecule has 1 saturated carbocycles. The topological polar surface area (TPSA) is 49.3 Å². The van der Waals surface area contributed by atoms with Crippen molar-refractivity contribution in [2.45, 2.75) is 31.7 Å². The molecule has 0 heterocycles. The van der Waals surface area contributed by atoms with Crippen molar-refractivity contribution in [2.75, 3.05) is 6.54 Å². The first-order chi connectivity index (χ1) is 6.25. The zero-order valence-corrected chi connectivity index (χ0v) is 7.83. The molecule has 1 rings (SSSR count). The van der Waals surface area contributed by atoms with Crippen molar-refractivity contribution < 1.29 is 9.90 Å². The Labute approximate surface area is 78.8 Å². The summed E-state index contributed by atoms with van der Waals surface area (Å²) in [6, 6.07) is 0.143. The fourth-order valence-electron chi connectivity index (χ4n) is 1.91. The minimum Gasteiger partial charge on any atom is -0.481 e. The van der Waals surface area contributed by atoms with Crippen LogP contribution in [0.25, 0.3) is 0 Å². The predicted molar refractivity (Wildman–Crippen MR) is 51.6 cm³/mol. The van der Waals surface area contributed by atoms with E-state index in [1.165, 1.54) is 0 Å². The summed E-state index contributed by atoms with van der Waals surface area (Å²) >= 11 is 0. The number of rotatable bonds is 4. The maximum atomic E-state index is 10.9. The largest absolute Gasteiger partial charge is 0.481 e. The van der Waals surface area contributed by atoms with E-state index in [-0.39, 0.29) is 12.0 Å². The Kier molecular flexibility index (Phi) is 3.96. The molecule has 0 aromatic carbocycles. The molecule has 3 nitrogen and oxygen atoms in total. The predicted octanol–water partition coefficient (Wildman–Crippen LogP) is 1.41. The summed E-state index contributed by atoms with van der Waals surface area (Å²) in [6.07, 6.45) is 5.74. The monoisotopic (exact) mass is 183 g/mol. The van der Waals surface area contributed by atoms with Crippen molar-refractivity contribution in [3.05, 3.63) is 12.7 Å². The van der Waals surface area contributed by atoms with Crippen LogP contribution in [0, 0.1) is 5.92 Å². The molecule has 0 saturated heterocycles. The van der Waals surface area contributed by atoms with Crippen molar-refractivity contribution in [1.82, 2.24) is 5.32 Å². The van der Waals surface area contributed by atoms with Crippen LogP contribution >= 0.6 is 0 Å². The second kappa shape index (κ2) is 5.02. The van der Waals surface area contributed by atoms with Crippen LogP contribution in [0.5, 0.6) is 0 Å². The second-order valence-corrected chi connectivity index (χ2v) is 3.53. The third-order valence-corrected chi connectivity index (χ3v) is 2.61. The van der Waals surface area contributed by atoms with Gasteiger partial charge in [-0.05, 0) is 12.8 Å². The van der Waals surface area contributed by atoms with Gasteiger partial charge in [-0.25, -0.2) is 0 Å². The van der Waals surface area contributed by atoms with E-state index in [1.54, 1.807) is 6.08 Å². The van der Waals surface area contributed by atoms with Gasteiger partial charge in [0.05, 0.1) is 5.92 Å². The molecule has 0 bridgehead atoms.